The van der Waals surface area contributed by atoms with Gasteiger partial charge >= 0.3 is 6.18 Å². The van der Waals surface area contributed by atoms with Crippen molar-refractivity contribution in [2.75, 3.05) is 0 Å². The van der Waals surface area contributed by atoms with E-state index in [2.05, 4.69) is 0 Å². The Morgan fingerprint density at radius 1 is 1.32 bits per heavy atom. The zero-order valence-corrected chi connectivity index (χ0v) is 10.5. The second kappa shape index (κ2) is 5.80. The number of carbonyl (C=O) groups excluding carboxylic acids is 1. The minimum atomic E-state index is -4.44. The zero-order chi connectivity index (χ0) is 14.6. The van der Waals surface area contributed by atoms with Gasteiger partial charge in [-0.3, -0.25) is 4.79 Å². The molecule has 100 valence electrons. The van der Waals surface area contributed by atoms with Crippen LogP contribution in [0.5, 0.6) is 0 Å². The van der Waals surface area contributed by atoms with Crippen molar-refractivity contribution < 1.29 is 23.1 Å². The van der Waals surface area contributed by atoms with Crippen molar-refractivity contribution in [1.29, 1.82) is 5.26 Å². The molecule has 0 fully saturated rings. The molecule has 0 aliphatic carbocycles. The number of thioether (sulfide) groups is 1. The molecule has 19 heavy (non-hydrogen) atoms. The molecule has 0 bridgehead atoms. The Hall–Kier alpha value is -1.94. The van der Waals surface area contributed by atoms with E-state index in [1.807, 2.05) is 0 Å². The van der Waals surface area contributed by atoms with Crippen LogP contribution >= 0.6 is 11.8 Å². The average molecular weight is 287 g/mol. The maximum absolute atomic E-state index is 12.3. The number of nitrogens with zero attached hydrogens (tertiary/aromatic N) is 1. The van der Waals surface area contributed by atoms with Crippen LogP contribution in [0.2, 0.25) is 0 Å². The fourth-order valence-corrected chi connectivity index (χ4v) is 1.93. The summed E-state index contributed by atoms with van der Waals surface area (Å²) in [6.45, 7) is 1.18. The van der Waals surface area contributed by atoms with Crippen LogP contribution in [-0.4, -0.2) is 10.2 Å². The van der Waals surface area contributed by atoms with Gasteiger partial charge in [0.15, 0.2) is 0 Å². The summed E-state index contributed by atoms with van der Waals surface area (Å²) in [4.78, 5) is 11.8. The van der Waals surface area contributed by atoms with E-state index in [1.165, 1.54) is 13.0 Å². The molecule has 0 aliphatic heterocycles. The van der Waals surface area contributed by atoms with Crippen molar-refractivity contribution in [1.82, 2.24) is 0 Å². The fraction of sp³-hybridized carbons (Fsp3) is 0.167. The molecule has 0 aliphatic rings. The number of aliphatic hydroxyl groups is 1. The third kappa shape index (κ3) is 4.03. The van der Waals surface area contributed by atoms with E-state index in [1.54, 1.807) is 0 Å². The van der Waals surface area contributed by atoms with Crippen molar-refractivity contribution in [2.24, 2.45) is 0 Å². The van der Waals surface area contributed by atoms with Gasteiger partial charge in [0.2, 0.25) is 5.12 Å². The lowest BCUT2D eigenvalue weighted by atomic mass is 10.2. The van der Waals surface area contributed by atoms with Gasteiger partial charge in [-0.25, -0.2) is 0 Å². The number of hydrogen-bond donors (Lipinski definition) is 1. The molecule has 1 N–H and O–H groups in total. The number of allylic oxidation sites excluding steroid dienone is 1. The highest BCUT2D eigenvalue weighted by Crippen LogP contribution is 2.31. The first kappa shape index (κ1) is 15.1. The zero-order valence-electron chi connectivity index (χ0n) is 9.65. The first-order valence-corrected chi connectivity index (χ1v) is 5.76. The highest BCUT2D eigenvalue weighted by molar-refractivity contribution is 8.14. The Morgan fingerprint density at radius 2 is 1.84 bits per heavy atom. The number of aliphatic hydroxyl groups excluding tert-OH is 1. The number of rotatable bonds is 2. The van der Waals surface area contributed by atoms with E-state index in [4.69, 9.17) is 10.4 Å². The molecule has 0 heterocycles. The number of carbonyl (C=O) groups is 1. The van der Waals surface area contributed by atoms with Gasteiger partial charge in [0.05, 0.1) is 5.56 Å². The van der Waals surface area contributed by atoms with Crippen LogP contribution in [0.25, 0.3) is 0 Å². The van der Waals surface area contributed by atoms with E-state index >= 15 is 0 Å². The van der Waals surface area contributed by atoms with Crippen LogP contribution < -0.4 is 0 Å². The van der Waals surface area contributed by atoms with Crippen molar-refractivity contribution in [2.45, 2.75) is 18.0 Å². The molecule has 1 aromatic carbocycles. The minimum absolute atomic E-state index is 0.256. The maximum atomic E-state index is 12.3. The summed E-state index contributed by atoms with van der Waals surface area (Å²) in [5.74, 6) is -0.424. The fourth-order valence-electron chi connectivity index (χ4n) is 1.14. The molecule has 0 unspecified atom stereocenters. The molecule has 0 atom stereocenters. The van der Waals surface area contributed by atoms with Crippen LogP contribution in [0, 0.1) is 11.3 Å². The predicted molar refractivity (Wildman–Crippen MR) is 63.2 cm³/mol. The Kier molecular flexibility index (Phi) is 4.62. The van der Waals surface area contributed by atoms with Crippen molar-refractivity contribution in [3.63, 3.8) is 0 Å². The Morgan fingerprint density at radius 3 is 2.21 bits per heavy atom. The molecule has 1 aromatic rings. The topological polar surface area (TPSA) is 61.1 Å². The molecule has 3 nitrogen and oxygen atoms in total. The standard InChI is InChI=1S/C12H8F3NO2S/c1-7(17)10(6-16)11(18)19-9-4-2-8(3-5-9)12(13,14)15/h2-5,17H,1H3/b10-7-. The molecule has 1 rings (SSSR count). The Labute approximate surface area is 111 Å². The minimum Gasteiger partial charge on any atom is -0.511 e. The summed E-state index contributed by atoms with van der Waals surface area (Å²) in [6, 6.07) is 5.49. The highest BCUT2D eigenvalue weighted by atomic mass is 32.2. The second-order valence-corrected chi connectivity index (χ2v) is 4.53. The molecular formula is C12H8F3NO2S. The van der Waals surface area contributed by atoms with E-state index < -0.39 is 28.2 Å². The summed E-state index contributed by atoms with van der Waals surface area (Å²) < 4.78 is 36.9. The smallest absolute Gasteiger partial charge is 0.416 e. The molecule has 7 heteroatoms. The van der Waals surface area contributed by atoms with E-state index in [9.17, 15) is 18.0 Å². The van der Waals surface area contributed by atoms with Crippen LogP contribution in [0.15, 0.2) is 40.5 Å². The third-order valence-electron chi connectivity index (χ3n) is 2.07. The summed E-state index contributed by atoms with van der Waals surface area (Å²) in [5, 5.41) is 17.0. The molecule has 0 saturated heterocycles. The van der Waals surface area contributed by atoms with Crippen LogP contribution in [0.3, 0.4) is 0 Å². The van der Waals surface area contributed by atoms with E-state index in [0.29, 0.717) is 11.8 Å². The maximum Gasteiger partial charge on any atom is 0.416 e. The van der Waals surface area contributed by atoms with Crippen LogP contribution in [-0.2, 0) is 11.0 Å². The van der Waals surface area contributed by atoms with Crippen molar-refractivity contribution in [3.05, 3.63) is 41.2 Å². The van der Waals surface area contributed by atoms with Crippen molar-refractivity contribution >= 4 is 16.9 Å². The lowest BCUT2D eigenvalue weighted by Crippen LogP contribution is -2.04. The molecule has 0 saturated carbocycles. The van der Waals surface area contributed by atoms with E-state index in [-0.39, 0.29) is 4.90 Å². The van der Waals surface area contributed by atoms with Gasteiger partial charge in [-0.05, 0) is 43.0 Å². The summed E-state index contributed by atoms with van der Waals surface area (Å²) in [7, 11) is 0. The highest BCUT2D eigenvalue weighted by Gasteiger charge is 2.30. The number of halogens is 3. The summed E-state index contributed by atoms with van der Waals surface area (Å²) in [5.41, 5.74) is -1.25. The van der Waals surface area contributed by atoms with Gasteiger partial charge in [-0.15, -0.1) is 0 Å². The lowest BCUT2D eigenvalue weighted by Gasteiger charge is -2.06. The lowest BCUT2D eigenvalue weighted by molar-refractivity contribution is -0.137. The van der Waals surface area contributed by atoms with Crippen molar-refractivity contribution in [3.8, 4) is 6.07 Å². The normalized spacial score (nSPS) is 12.6. The second-order valence-electron chi connectivity index (χ2n) is 3.48. The first-order chi connectivity index (χ1) is 8.75. The van der Waals surface area contributed by atoms with Crippen LogP contribution in [0.1, 0.15) is 12.5 Å². The number of benzene rings is 1. The number of nitriles is 1. The van der Waals surface area contributed by atoms with Gasteiger partial charge in [-0.2, -0.15) is 18.4 Å². The van der Waals surface area contributed by atoms with Gasteiger partial charge in [-0.1, -0.05) is 0 Å². The third-order valence-corrected chi connectivity index (χ3v) is 2.97. The van der Waals surface area contributed by atoms with Gasteiger partial charge in [0.25, 0.3) is 0 Å². The largest absolute Gasteiger partial charge is 0.511 e. The van der Waals surface area contributed by atoms with Gasteiger partial charge < -0.3 is 5.11 Å². The average Bonchev–Trinajstić information content (AvgIpc) is 2.28. The molecule has 0 amide bonds. The SMILES string of the molecule is C/C(O)=C(\C#N)C(=O)Sc1ccc(C(F)(F)F)cc1. The Bertz CT molecular complexity index is 552. The summed E-state index contributed by atoms with van der Waals surface area (Å²) >= 11 is 0.577. The molecule has 0 radical (unpaired) electrons. The number of alkyl halides is 3. The molecular weight excluding hydrogens is 279 g/mol. The monoisotopic (exact) mass is 287 g/mol. The molecule has 0 aromatic heterocycles. The van der Waals surface area contributed by atoms with E-state index in [0.717, 1.165) is 24.3 Å². The van der Waals surface area contributed by atoms with Gasteiger partial charge in [0.1, 0.15) is 17.4 Å². The van der Waals surface area contributed by atoms with Gasteiger partial charge in [0, 0.05) is 4.90 Å². The van der Waals surface area contributed by atoms with Crippen LogP contribution in [0.4, 0.5) is 13.2 Å². The number of hydrogen-bond acceptors (Lipinski definition) is 4. The Balaban J connectivity index is 2.89. The first-order valence-electron chi connectivity index (χ1n) is 4.95. The summed E-state index contributed by atoms with van der Waals surface area (Å²) in [6.07, 6.45) is -4.44. The predicted octanol–water partition coefficient (Wildman–Crippen LogP) is 3.68. The molecule has 0 spiro atoms. The quantitative estimate of drug-likeness (QED) is 0.390.